The molecule has 1 aromatic rings. The first-order chi connectivity index (χ1) is 10.2. The van der Waals surface area contributed by atoms with Crippen molar-refractivity contribution in [2.45, 2.75) is 39.3 Å². The Morgan fingerprint density at radius 2 is 2.00 bits per heavy atom. The molecule has 0 spiro atoms. The normalized spacial score (nSPS) is 19.2. The van der Waals surface area contributed by atoms with E-state index in [1.807, 2.05) is 24.8 Å². The van der Waals surface area contributed by atoms with E-state index in [9.17, 15) is 4.79 Å². The number of rotatable bonds is 5. The van der Waals surface area contributed by atoms with Crippen molar-refractivity contribution in [1.29, 1.82) is 0 Å². The van der Waals surface area contributed by atoms with E-state index < -0.39 is 0 Å². The number of hydrogen-bond donors (Lipinski definition) is 1. The number of amides is 2. The Morgan fingerprint density at radius 3 is 2.67 bits per heavy atom. The first-order valence-corrected chi connectivity index (χ1v) is 8.04. The van der Waals surface area contributed by atoms with Crippen LogP contribution in [0.3, 0.4) is 0 Å². The summed E-state index contributed by atoms with van der Waals surface area (Å²) >= 11 is 0. The standard InChI is InChI=1S/C17H27N3O/c1-3-20(4-2)17(21)18-16-11-8-12-19(14-16)13-15-9-6-5-7-10-15/h5-7,9-10,16H,3-4,8,11-14H2,1-2H3,(H,18,21). The summed E-state index contributed by atoms with van der Waals surface area (Å²) in [6.07, 6.45) is 2.23. The van der Waals surface area contributed by atoms with Gasteiger partial charge in [-0.2, -0.15) is 0 Å². The van der Waals surface area contributed by atoms with Gasteiger partial charge in [0, 0.05) is 32.2 Å². The van der Waals surface area contributed by atoms with Crippen LogP contribution in [0.5, 0.6) is 0 Å². The number of urea groups is 1. The van der Waals surface area contributed by atoms with Crippen molar-refractivity contribution in [3.8, 4) is 0 Å². The van der Waals surface area contributed by atoms with E-state index in [1.54, 1.807) is 0 Å². The molecule has 1 aliphatic rings. The van der Waals surface area contributed by atoms with Gasteiger partial charge in [-0.05, 0) is 38.8 Å². The van der Waals surface area contributed by atoms with Gasteiger partial charge in [0.2, 0.25) is 0 Å². The lowest BCUT2D eigenvalue weighted by atomic mass is 10.0. The van der Waals surface area contributed by atoms with Crippen molar-refractivity contribution in [2.24, 2.45) is 0 Å². The van der Waals surface area contributed by atoms with Gasteiger partial charge in [-0.3, -0.25) is 4.90 Å². The van der Waals surface area contributed by atoms with Crippen LogP contribution in [0.15, 0.2) is 30.3 Å². The van der Waals surface area contributed by atoms with Gasteiger partial charge in [-0.1, -0.05) is 30.3 Å². The predicted molar refractivity (Wildman–Crippen MR) is 86.2 cm³/mol. The lowest BCUT2D eigenvalue weighted by molar-refractivity contribution is 0.166. The number of carbonyl (C=O) groups excluding carboxylic acids is 1. The van der Waals surface area contributed by atoms with E-state index >= 15 is 0 Å². The fourth-order valence-corrected chi connectivity index (χ4v) is 2.94. The van der Waals surface area contributed by atoms with Crippen LogP contribution in [0.1, 0.15) is 32.3 Å². The van der Waals surface area contributed by atoms with Crippen molar-refractivity contribution >= 4 is 6.03 Å². The largest absolute Gasteiger partial charge is 0.334 e. The summed E-state index contributed by atoms with van der Waals surface area (Å²) in [5.74, 6) is 0. The Kier molecular flexibility index (Phi) is 6.05. The second-order valence-electron chi connectivity index (χ2n) is 5.68. The maximum Gasteiger partial charge on any atom is 0.317 e. The van der Waals surface area contributed by atoms with E-state index in [0.29, 0.717) is 0 Å². The molecule has 116 valence electrons. The third kappa shape index (κ3) is 4.74. The first-order valence-electron chi connectivity index (χ1n) is 8.04. The second-order valence-corrected chi connectivity index (χ2v) is 5.68. The van der Waals surface area contributed by atoms with Crippen LogP contribution in [-0.4, -0.2) is 48.1 Å². The van der Waals surface area contributed by atoms with Gasteiger partial charge < -0.3 is 10.2 Å². The highest BCUT2D eigenvalue weighted by Gasteiger charge is 2.22. The molecule has 0 aromatic heterocycles. The SMILES string of the molecule is CCN(CC)C(=O)NC1CCCN(Cc2ccccc2)C1. The average Bonchev–Trinajstić information content (AvgIpc) is 2.50. The van der Waals surface area contributed by atoms with Crippen LogP contribution < -0.4 is 5.32 Å². The van der Waals surface area contributed by atoms with Crippen molar-refractivity contribution in [1.82, 2.24) is 15.1 Å². The number of nitrogens with one attached hydrogen (secondary N) is 1. The molecule has 4 heteroatoms. The highest BCUT2D eigenvalue weighted by molar-refractivity contribution is 5.74. The smallest absolute Gasteiger partial charge is 0.317 e. The van der Waals surface area contributed by atoms with Gasteiger partial charge in [-0.25, -0.2) is 4.79 Å². The molecule has 1 saturated heterocycles. The maximum absolute atomic E-state index is 12.1. The molecule has 4 nitrogen and oxygen atoms in total. The van der Waals surface area contributed by atoms with E-state index in [0.717, 1.165) is 45.6 Å². The second kappa shape index (κ2) is 8.03. The minimum atomic E-state index is 0.0755. The van der Waals surface area contributed by atoms with E-state index in [1.165, 1.54) is 5.56 Å². The summed E-state index contributed by atoms with van der Waals surface area (Å²) in [6.45, 7) is 8.61. The summed E-state index contributed by atoms with van der Waals surface area (Å²) in [7, 11) is 0. The zero-order chi connectivity index (χ0) is 15.1. The van der Waals surface area contributed by atoms with Crippen LogP contribution in [0.4, 0.5) is 4.79 Å². The molecule has 21 heavy (non-hydrogen) atoms. The fourth-order valence-electron chi connectivity index (χ4n) is 2.94. The summed E-state index contributed by atoms with van der Waals surface area (Å²) in [5.41, 5.74) is 1.34. The first kappa shape index (κ1) is 15.8. The molecule has 1 heterocycles. The van der Waals surface area contributed by atoms with Crippen molar-refractivity contribution in [3.05, 3.63) is 35.9 Å². The molecule has 1 unspecified atom stereocenters. The lowest BCUT2D eigenvalue weighted by Crippen LogP contribution is -2.51. The van der Waals surface area contributed by atoms with E-state index in [-0.39, 0.29) is 12.1 Å². The number of piperidine rings is 1. The molecular formula is C17H27N3O. The summed E-state index contributed by atoms with van der Waals surface area (Å²) < 4.78 is 0. The third-order valence-electron chi connectivity index (χ3n) is 4.13. The van der Waals surface area contributed by atoms with Gasteiger partial charge in [-0.15, -0.1) is 0 Å². The molecule has 1 atom stereocenters. The van der Waals surface area contributed by atoms with Gasteiger partial charge in [0.25, 0.3) is 0 Å². The minimum absolute atomic E-state index is 0.0755. The monoisotopic (exact) mass is 289 g/mol. The Bertz CT molecular complexity index is 431. The van der Waals surface area contributed by atoms with E-state index in [4.69, 9.17) is 0 Å². The van der Waals surface area contributed by atoms with Gasteiger partial charge in [0.15, 0.2) is 0 Å². The van der Waals surface area contributed by atoms with Crippen LogP contribution in [-0.2, 0) is 6.54 Å². The molecule has 1 aliphatic heterocycles. The zero-order valence-corrected chi connectivity index (χ0v) is 13.2. The quantitative estimate of drug-likeness (QED) is 0.904. The van der Waals surface area contributed by atoms with Crippen molar-refractivity contribution in [2.75, 3.05) is 26.2 Å². The van der Waals surface area contributed by atoms with Gasteiger partial charge in [0.1, 0.15) is 0 Å². The molecule has 1 fully saturated rings. The molecule has 0 bridgehead atoms. The maximum atomic E-state index is 12.1. The number of hydrogen-bond acceptors (Lipinski definition) is 2. The van der Waals surface area contributed by atoms with Gasteiger partial charge >= 0.3 is 6.03 Å². The Morgan fingerprint density at radius 1 is 1.29 bits per heavy atom. The minimum Gasteiger partial charge on any atom is -0.334 e. The number of likely N-dealkylation sites (tertiary alicyclic amines) is 1. The topological polar surface area (TPSA) is 35.6 Å². The van der Waals surface area contributed by atoms with E-state index in [2.05, 4.69) is 34.5 Å². The zero-order valence-electron chi connectivity index (χ0n) is 13.2. The molecule has 0 aliphatic carbocycles. The summed E-state index contributed by atoms with van der Waals surface area (Å²) in [4.78, 5) is 16.4. The molecule has 1 N–H and O–H groups in total. The highest BCUT2D eigenvalue weighted by Crippen LogP contribution is 2.14. The Hall–Kier alpha value is -1.55. The van der Waals surface area contributed by atoms with Crippen molar-refractivity contribution in [3.63, 3.8) is 0 Å². The number of benzene rings is 1. The Balaban J connectivity index is 1.84. The molecular weight excluding hydrogens is 262 g/mol. The van der Waals surface area contributed by atoms with Crippen LogP contribution >= 0.6 is 0 Å². The molecule has 0 saturated carbocycles. The predicted octanol–water partition coefficient (Wildman–Crippen LogP) is 2.70. The third-order valence-corrected chi connectivity index (χ3v) is 4.13. The molecule has 1 aromatic carbocycles. The Labute approximate surface area is 128 Å². The molecule has 2 rings (SSSR count). The van der Waals surface area contributed by atoms with Crippen LogP contribution in [0, 0.1) is 0 Å². The number of nitrogens with zero attached hydrogens (tertiary/aromatic N) is 2. The summed E-state index contributed by atoms with van der Waals surface area (Å²) in [5, 5.41) is 3.18. The molecule has 0 radical (unpaired) electrons. The lowest BCUT2D eigenvalue weighted by Gasteiger charge is -2.34. The van der Waals surface area contributed by atoms with Crippen LogP contribution in [0.25, 0.3) is 0 Å². The van der Waals surface area contributed by atoms with Gasteiger partial charge in [0.05, 0.1) is 0 Å². The molecule has 2 amide bonds. The fraction of sp³-hybridized carbons (Fsp3) is 0.588. The van der Waals surface area contributed by atoms with Crippen LogP contribution in [0.2, 0.25) is 0 Å². The van der Waals surface area contributed by atoms with Crippen molar-refractivity contribution < 1.29 is 4.79 Å². The summed E-state index contributed by atoms with van der Waals surface area (Å²) in [6, 6.07) is 10.9. The highest BCUT2D eigenvalue weighted by atomic mass is 16.2. The number of carbonyl (C=O) groups is 1. The average molecular weight is 289 g/mol.